The molecule has 1 aromatic rings. The molecule has 1 unspecified atom stereocenters. The van der Waals surface area contributed by atoms with Crippen LogP contribution in [0.1, 0.15) is 58.4 Å². The van der Waals surface area contributed by atoms with Crippen LogP contribution in [0.25, 0.3) is 0 Å². The average molecular weight is 364 g/mol. The topological polar surface area (TPSA) is 54.3 Å². The number of anilines is 1. The Kier molecular flexibility index (Phi) is 4.93. The van der Waals surface area contributed by atoms with Gasteiger partial charge in [-0.15, -0.1) is 10.2 Å². The number of likely N-dealkylation sites (tertiary alicyclic amines) is 1. The van der Waals surface area contributed by atoms with Crippen molar-refractivity contribution in [3.63, 3.8) is 0 Å². The van der Waals surface area contributed by atoms with E-state index in [1.54, 1.807) is 11.8 Å². The van der Waals surface area contributed by atoms with Crippen LogP contribution in [0.2, 0.25) is 0 Å². The maximum absolute atomic E-state index is 12.8. The lowest BCUT2D eigenvalue weighted by Crippen LogP contribution is -2.41. The highest BCUT2D eigenvalue weighted by atomic mass is 32.2. The minimum absolute atomic E-state index is 0.0958. The zero-order chi connectivity index (χ0) is 17.4. The van der Waals surface area contributed by atoms with Gasteiger partial charge in [-0.2, -0.15) is 0 Å². The number of thioether (sulfide) groups is 1. The lowest BCUT2D eigenvalue weighted by molar-refractivity contribution is -0.131. The third kappa shape index (κ3) is 3.66. The summed E-state index contributed by atoms with van der Waals surface area (Å²) in [6.07, 6.45) is 7.14. The molecule has 1 amide bonds. The van der Waals surface area contributed by atoms with Crippen molar-refractivity contribution in [2.45, 2.75) is 68.8 Å². The highest BCUT2D eigenvalue weighted by molar-refractivity contribution is 8.00. The minimum Gasteiger partial charge on any atom is -0.342 e. The fourth-order valence-electron chi connectivity index (χ4n) is 3.83. The number of rotatable bonds is 5. The van der Waals surface area contributed by atoms with E-state index < -0.39 is 0 Å². The fourth-order valence-corrected chi connectivity index (χ4v) is 4.83. The molecule has 4 rings (SSSR count). The molecule has 0 aromatic carbocycles. The molecule has 1 aromatic heterocycles. The van der Waals surface area contributed by atoms with Gasteiger partial charge in [0.2, 0.25) is 11.9 Å². The van der Waals surface area contributed by atoms with Gasteiger partial charge >= 0.3 is 0 Å². The molecule has 0 N–H and O–H groups in total. The van der Waals surface area contributed by atoms with Crippen molar-refractivity contribution in [2.75, 3.05) is 31.1 Å². The molecule has 3 fully saturated rings. The van der Waals surface area contributed by atoms with Crippen LogP contribution < -0.4 is 4.90 Å². The van der Waals surface area contributed by atoms with Crippen LogP contribution in [0.15, 0.2) is 5.16 Å². The van der Waals surface area contributed by atoms with E-state index in [9.17, 15) is 4.79 Å². The Bertz CT molecular complexity index is 615. The summed E-state index contributed by atoms with van der Waals surface area (Å²) in [5.41, 5.74) is 0. The number of nitrogens with zero attached hydrogens (tertiary/aromatic N) is 5. The van der Waals surface area contributed by atoms with Gasteiger partial charge in [-0.05, 0) is 51.4 Å². The third-order valence-corrected chi connectivity index (χ3v) is 6.72. The number of carbonyl (C=O) groups is 1. The van der Waals surface area contributed by atoms with E-state index in [2.05, 4.69) is 26.6 Å². The van der Waals surface area contributed by atoms with Crippen molar-refractivity contribution in [3.8, 4) is 0 Å². The second-order valence-electron chi connectivity index (χ2n) is 7.85. The van der Waals surface area contributed by atoms with E-state index in [1.807, 2.05) is 11.8 Å². The SMILES string of the molecule is CC1CCN(C(=O)C(C)Sc2nnc(N3CCCC3)n2C2CC2)CC1. The van der Waals surface area contributed by atoms with Crippen LogP contribution in [0.3, 0.4) is 0 Å². The van der Waals surface area contributed by atoms with Crippen LogP contribution in [-0.2, 0) is 4.79 Å². The van der Waals surface area contributed by atoms with Crippen molar-refractivity contribution in [1.82, 2.24) is 19.7 Å². The van der Waals surface area contributed by atoms with Crippen molar-refractivity contribution in [2.24, 2.45) is 5.92 Å². The first-order valence-electron chi connectivity index (χ1n) is 9.79. The molecule has 2 aliphatic heterocycles. The molecule has 25 heavy (non-hydrogen) atoms. The van der Waals surface area contributed by atoms with Crippen molar-refractivity contribution in [1.29, 1.82) is 0 Å². The van der Waals surface area contributed by atoms with E-state index in [0.717, 1.165) is 56.0 Å². The summed E-state index contributed by atoms with van der Waals surface area (Å²) >= 11 is 1.59. The summed E-state index contributed by atoms with van der Waals surface area (Å²) in [6, 6.07) is 0.534. The van der Waals surface area contributed by atoms with Crippen molar-refractivity contribution in [3.05, 3.63) is 0 Å². The zero-order valence-corrected chi connectivity index (χ0v) is 16.2. The third-order valence-electron chi connectivity index (χ3n) is 5.67. The molecule has 0 spiro atoms. The van der Waals surface area contributed by atoms with Gasteiger partial charge in [0, 0.05) is 32.2 Å². The van der Waals surface area contributed by atoms with Gasteiger partial charge in [0.05, 0.1) is 5.25 Å². The van der Waals surface area contributed by atoms with E-state index >= 15 is 0 Å². The predicted molar refractivity (Wildman–Crippen MR) is 100 cm³/mol. The lowest BCUT2D eigenvalue weighted by Gasteiger charge is -2.32. The van der Waals surface area contributed by atoms with Gasteiger partial charge in [0.15, 0.2) is 5.16 Å². The molecule has 7 heteroatoms. The summed E-state index contributed by atoms with van der Waals surface area (Å²) in [6.45, 7) is 8.26. The monoisotopic (exact) mass is 363 g/mol. The van der Waals surface area contributed by atoms with Crippen LogP contribution in [0.5, 0.6) is 0 Å². The van der Waals surface area contributed by atoms with Crippen LogP contribution in [0.4, 0.5) is 5.95 Å². The summed E-state index contributed by atoms with van der Waals surface area (Å²) in [5.74, 6) is 2.02. The fraction of sp³-hybridized carbons (Fsp3) is 0.833. The van der Waals surface area contributed by atoms with Crippen LogP contribution >= 0.6 is 11.8 Å². The molecular weight excluding hydrogens is 334 g/mol. The molecule has 3 heterocycles. The molecule has 1 aliphatic carbocycles. The summed E-state index contributed by atoms with van der Waals surface area (Å²) < 4.78 is 2.30. The van der Waals surface area contributed by atoms with Crippen molar-refractivity contribution >= 4 is 23.6 Å². The smallest absolute Gasteiger partial charge is 0.235 e. The molecular formula is C18H29N5OS. The zero-order valence-electron chi connectivity index (χ0n) is 15.4. The van der Waals surface area contributed by atoms with Crippen LogP contribution in [0, 0.1) is 5.92 Å². The van der Waals surface area contributed by atoms with E-state index in [-0.39, 0.29) is 11.2 Å². The number of hydrogen-bond acceptors (Lipinski definition) is 5. The van der Waals surface area contributed by atoms with Gasteiger partial charge in [-0.1, -0.05) is 18.7 Å². The maximum Gasteiger partial charge on any atom is 0.235 e. The Balaban J connectivity index is 1.45. The molecule has 2 saturated heterocycles. The second kappa shape index (κ2) is 7.17. The minimum atomic E-state index is -0.0958. The first-order chi connectivity index (χ1) is 12.1. The number of aromatic nitrogens is 3. The Morgan fingerprint density at radius 3 is 2.40 bits per heavy atom. The first kappa shape index (κ1) is 17.2. The first-order valence-corrected chi connectivity index (χ1v) is 10.7. The quantitative estimate of drug-likeness (QED) is 0.753. The highest BCUT2D eigenvalue weighted by Gasteiger charge is 2.34. The molecule has 3 aliphatic rings. The molecule has 1 atom stereocenters. The van der Waals surface area contributed by atoms with E-state index in [0.29, 0.717) is 6.04 Å². The Morgan fingerprint density at radius 2 is 1.76 bits per heavy atom. The Morgan fingerprint density at radius 1 is 1.08 bits per heavy atom. The van der Waals surface area contributed by atoms with Gasteiger partial charge in [0.25, 0.3) is 0 Å². The van der Waals surface area contributed by atoms with Gasteiger partial charge in [-0.3, -0.25) is 9.36 Å². The standard InChI is InChI=1S/C18H29N5OS/c1-13-7-11-21(12-8-13)16(24)14(2)25-18-20-19-17(22-9-3-4-10-22)23(18)15-5-6-15/h13-15H,3-12H2,1-2H3. The predicted octanol–water partition coefficient (Wildman–Crippen LogP) is 2.95. The molecule has 6 nitrogen and oxygen atoms in total. The highest BCUT2D eigenvalue weighted by Crippen LogP contribution is 2.42. The van der Waals surface area contributed by atoms with Crippen molar-refractivity contribution < 1.29 is 4.79 Å². The Hall–Kier alpha value is -1.24. The molecule has 1 saturated carbocycles. The molecule has 0 radical (unpaired) electrons. The summed E-state index contributed by atoms with van der Waals surface area (Å²) in [5, 5.41) is 9.78. The Labute approximate surface area is 154 Å². The molecule has 0 bridgehead atoms. The van der Waals surface area contributed by atoms with Gasteiger partial charge < -0.3 is 9.80 Å². The van der Waals surface area contributed by atoms with E-state index in [1.165, 1.54) is 25.7 Å². The van der Waals surface area contributed by atoms with E-state index in [4.69, 9.17) is 0 Å². The van der Waals surface area contributed by atoms with Gasteiger partial charge in [0.1, 0.15) is 0 Å². The average Bonchev–Trinajstić information content (AvgIpc) is 3.14. The summed E-state index contributed by atoms with van der Waals surface area (Å²) in [7, 11) is 0. The number of amides is 1. The van der Waals surface area contributed by atoms with Gasteiger partial charge in [-0.25, -0.2) is 0 Å². The lowest BCUT2D eigenvalue weighted by atomic mass is 9.99. The summed E-state index contributed by atoms with van der Waals surface area (Å²) in [4.78, 5) is 17.2. The number of carbonyl (C=O) groups excluding carboxylic acids is 1. The maximum atomic E-state index is 12.8. The number of piperidine rings is 1. The molecule has 138 valence electrons. The normalized spacial score (nSPS) is 23.3. The number of hydrogen-bond donors (Lipinski definition) is 0. The largest absolute Gasteiger partial charge is 0.342 e. The second-order valence-corrected chi connectivity index (χ2v) is 9.15. The van der Waals surface area contributed by atoms with Crippen LogP contribution in [-0.4, -0.2) is 57.0 Å².